The minimum absolute atomic E-state index is 0.541. The quantitative estimate of drug-likeness (QED) is 0.445. The molecule has 0 unspecified atom stereocenters. The van der Waals surface area contributed by atoms with E-state index < -0.39 is 0 Å². The van der Waals surface area contributed by atoms with Crippen LogP contribution in [0.2, 0.25) is 0 Å². The lowest BCUT2D eigenvalue weighted by molar-refractivity contribution is 0.410. The molecule has 0 saturated heterocycles. The van der Waals surface area contributed by atoms with E-state index in [1.807, 2.05) is 72.8 Å². The average Bonchev–Trinajstić information content (AvgIpc) is 3.31. The molecule has 6 heteroatoms. The number of hydrogen-bond donors (Lipinski definition) is 2. The van der Waals surface area contributed by atoms with E-state index >= 15 is 0 Å². The summed E-state index contributed by atoms with van der Waals surface area (Å²) in [4.78, 5) is 9.31. The summed E-state index contributed by atoms with van der Waals surface area (Å²) in [5.41, 5.74) is 2.90. The van der Waals surface area contributed by atoms with Crippen LogP contribution < -0.4 is 15.4 Å². The first kappa shape index (κ1) is 18.6. The molecule has 0 saturated carbocycles. The second-order valence-electron chi connectivity index (χ2n) is 6.43. The molecule has 4 rings (SSSR count). The number of rotatable bonds is 8. The molecule has 29 heavy (non-hydrogen) atoms. The molecular formula is C23H22N4O2. The number of methoxy groups -OCH3 is 1. The van der Waals surface area contributed by atoms with E-state index in [1.54, 1.807) is 13.4 Å². The predicted molar refractivity (Wildman–Crippen MR) is 114 cm³/mol. The lowest BCUT2D eigenvalue weighted by Gasteiger charge is -2.12. The standard InChI is InChI=1S/C23H22N4O2/c1-28-21-12-6-5-10-18(21)15-25-23-26-20(17-8-3-2-4-9-17)14-22(27-23)24-16-19-11-7-13-29-19/h2-14H,15-16H2,1H3,(H2,24,25,26,27). The zero-order valence-corrected chi connectivity index (χ0v) is 16.1. The molecular weight excluding hydrogens is 364 g/mol. The summed E-state index contributed by atoms with van der Waals surface area (Å²) in [6.07, 6.45) is 1.66. The molecule has 2 N–H and O–H groups in total. The van der Waals surface area contributed by atoms with Gasteiger partial charge in [-0.1, -0.05) is 48.5 Å². The van der Waals surface area contributed by atoms with Crippen molar-refractivity contribution in [1.29, 1.82) is 0 Å². The molecule has 0 aliphatic carbocycles. The third kappa shape index (κ3) is 4.73. The largest absolute Gasteiger partial charge is 0.496 e. The van der Waals surface area contributed by atoms with Crippen molar-refractivity contribution in [2.24, 2.45) is 0 Å². The molecule has 2 aromatic carbocycles. The number of aromatic nitrogens is 2. The molecule has 4 aromatic rings. The van der Waals surface area contributed by atoms with Crippen molar-refractivity contribution in [3.63, 3.8) is 0 Å². The van der Waals surface area contributed by atoms with Crippen molar-refractivity contribution in [2.75, 3.05) is 17.7 Å². The second kappa shape index (κ2) is 8.93. The van der Waals surface area contributed by atoms with Crippen LogP contribution in [0, 0.1) is 0 Å². The van der Waals surface area contributed by atoms with Crippen molar-refractivity contribution < 1.29 is 9.15 Å². The van der Waals surface area contributed by atoms with E-state index in [9.17, 15) is 0 Å². The smallest absolute Gasteiger partial charge is 0.225 e. The third-order valence-electron chi connectivity index (χ3n) is 4.45. The molecule has 0 fully saturated rings. The Balaban J connectivity index is 1.58. The minimum Gasteiger partial charge on any atom is -0.496 e. The molecule has 0 aliphatic heterocycles. The van der Waals surface area contributed by atoms with Crippen molar-refractivity contribution in [3.8, 4) is 17.0 Å². The van der Waals surface area contributed by atoms with Gasteiger partial charge in [-0.3, -0.25) is 0 Å². The van der Waals surface area contributed by atoms with Gasteiger partial charge in [0, 0.05) is 23.7 Å². The van der Waals surface area contributed by atoms with Crippen molar-refractivity contribution in [3.05, 3.63) is 90.4 Å². The molecule has 0 atom stereocenters. The van der Waals surface area contributed by atoms with E-state index in [4.69, 9.17) is 14.1 Å². The highest BCUT2D eigenvalue weighted by molar-refractivity contribution is 5.64. The van der Waals surface area contributed by atoms with Crippen LogP contribution in [-0.2, 0) is 13.1 Å². The summed E-state index contributed by atoms with van der Waals surface area (Å²) in [6.45, 7) is 1.10. The first-order chi connectivity index (χ1) is 14.3. The lowest BCUT2D eigenvalue weighted by atomic mass is 10.1. The molecule has 0 aliphatic rings. The molecule has 6 nitrogen and oxygen atoms in total. The SMILES string of the molecule is COc1ccccc1CNc1nc(NCc2ccco2)cc(-c2ccccc2)n1. The average molecular weight is 386 g/mol. The molecule has 146 valence electrons. The molecule has 2 heterocycles. The van der Waals surface area contributed by atoms with E-state index in [0.29, 0.717) is 19.0 Å². The molecule has 0 amide bonds. The van der Waals surface area contributed by atoms with E-state index in [2.05, 4.69) is 15.6 Å². The van der Waals surface area contributed by atoms with Gasteiger partial charge in [0.1, 0.15) is 17.3 Å². The van der Waals surface area contributed by atoms with Crippen LogP contribution in [-0.4, -0.2) is 17.1 Å². The summed E-state index contributed by atoms with van der Waals surface area (Å²) >= 11 is 0. The van der Waals surface area contributed by atoms with Crippen LogP contribution in [0.4, 0.5) is 11.8 Å². The lowest BCUT2D eigenvalue weighted by Crippen LogP contribution is -2.08. The molecule has 0 radical (unpaired) electrons. The normalized spacial score (nSPS) is 10.5. The fourth-order valence-corrected chi connectivity index (χ4v) is 2.99. The third-order valence-corrected chi connectivity index (χ3v) is 4.45. The topological polar surface area (TPSA) is 72.2 Å². The van der Waals surface area contributed by atoms with Crippen LogP contribution in [0.25, 0.3) is 11.3 Å². The summed E-state index contributed by atoms with van der Waals surface area (Å²) in [7, 11) is 1.67. The molecule has 0 bridgehead atoms. The highest BCUT2D eigenvalue weighted by Gasteiger charge is 2.09. The number of para-hydroxylation sites is 1. The number of nitrogens with zero attached hydrogens (tertiary/aromatic N) is 2. The molecule has 2 aromatic heterocycles. The van der Waals surface area contributed by atoms with Gasteiger partial charge in [0.2, 0.25) is 5.95 Å². The summed E-state index contributed by atoms with van der Waals surface area (Å²) in [5, 5.41) is 6.62. The Hall–Kier alpha value is -3.80. The summed E-state index contributed by atoms with van der Waals surface area (Å²) < 4.78 is 10.8. The van der Waals surface area contributed by atoms with Crippen LogP contribution >= 0.6 is 0 Å². The highest BCUT2D eigenvalue weighted by Crippen LogP contribution is 2.23. The van der Waals surface area contributed by atoms with Gasteiger partial charge in [0.25, 0.3) is 0 Å². The number of hydrogen-bond acceptors (Lipinski definition) is 6. The van der Waals surface area contributed by atoms with Gasteiger partial charge in [-0.25, -0.2) is 4.98 Å². The van der Waals surface area contributed by atoms with Crippen molar-refractivity contribution >= 4 is 11.8 Å². The number of furan rings is 1. The Morgan fingerprint density at radius 1 is 0.862 bits per heavy atom. The van der Waals surface area contributed by atoms with E-state index in [1.165, 1.54) is 0 Å². The predicted octanol–water partition coefficient (Wildman–Crippen LogP) is 4.97. The van der Waals surface area contributed by atoms with Gasteiger partial charge in [0.15, 0.2) is 0 Å². The summed E-state index contributed by atoms with van der Waals surface area (Å²) in [5.74, 6) is 2.93. The Morgan fingerprint density at radius 3 is 2.48 bits per heavy atom. The first-order valence-electron chi connectivity index (χ1n) is 9.38. The Labute approximate surface area is 169 Å². The fourth-order valence-electron chi connectivity index (χ4n) is 2.99. The maximum absolute atomic E-state index is 5.43. The Kier molecular flexibility index (Phi) is 5.71. The van der Waals surface area contributed by atoms with Crippen LogP contribution in [0.3, 0.4) is 0 Å². The molecule has 0 spiro atoms. The minimum atomic E-state index is 0.541. The van der Waals surface area contributed by atoms with Crippen molar-refractivity contribution in [1.82, 2.24) is 9.97 Å². The maximum atomic E-state index is 5.43. The number of benzene rings is 2. The maximum Gasteiger partial charge on any atom is 0.225 e. The van der Waals surface area contributed by atoms with Gasteiger partial charge < -0.3 is 19.8 Å². The number of nitrogens with one attached hydrogen (secondary N) is 2. The Bertz CT molecular complexity index is 1050. The monoisotopic (exact) mass is 386 g/mol. The Morgan fingerprint density at radius 2 is 1.69 bits per heavy atom. The van der Waals surface area contributed by atoms with Crippen LogP contribution in [0.15, 0.2) is 83.5 Å². The van der Waals surface area contributed by atoms with Gasteiger partial charge in [-0.05, 0) is 18.2 Å². The summed E-state index contributed by atoms with van der Waals surface area (Å²) in [6, 6.07) is 23.7. The number of anilines is 2. The second-order valence-corrected chi connectivity index (χ2v) is 6.43. The zero-order chi connectivity index (χ0) is 19.9. The van der Waals surface area contributed by atoms with Crippen molar-refractivity contribution in [2.45, 2.75) is 13.1 Å². The van der Waals surface area contributed by atoms with Crippen LogP contribution in [0.1, 0.15) is 11.3 Å². The van der Waals surface area contributed by atoms with E-state index in [-0.39, 0.29) is 0 Å². The van der Waals surface area contributed by atoms with Gasteiger partial charge in [-0.15, -0.1) is 0 Å². The van der Waals surface area contributed by atoms with Gasteiger partial charge in [-0.2, -0.15) is 4.98 Å². The number of ether oxygens (including phenoxy) is 1. The first-order valence-corrected chi connectivity index (χ1v) is 9.38. The fraction of sp³-hybridized carbons (Fsp3) is 0.130. The van der Waals surface area contributed by atoms with Gasteiger partial charge >= 0.3 is 0 Å². The van der Waals surface area contributed by atoms with E-state index in [0.717, 1.165) is 34.1 Å². The zero-order valence-electron chi connectivity index (χ0n) is 16.1. The van der Waals surface area contributed by atoms with Crippen LogP contribution in [0.5, 0.6) is 5.75 Å². The highest BCUT2D eigenvalue weighted by atomic mass is 16.5. The van der Waals surface area contributed by atoms with Gasteiger partial charge in [0.05, 0.1) is 25.6 Å².